The number of nitrogens with one attached hydrogen (secondary N) is 1. The molecule has 1 N–H and O–H groups in total. The zero-order valence-corrected chi connectivity index (χ0v) is 13.6. The van der Waals surface area contributed by atoms with Gasteiger partial charge in [-0.15, -0.1) is 0 Å². The van der Waals surface area contributed by atoms with Crippen molar-refractivity contribution in [3.63, 3.8) is 0 Å². The Morgan fingerprint density at radius 2 is 2.00 bits per heavy atom. The summed E-state index contributed by atoms with van der Waals surface area (Å²) in [6.07, 6.45) is 5.09. The third-order valence-electron chi connectivity index (χ3n) is 3.43. The maximum Gasteiger partial charge on any atom is 0.280 e. The smallest absolute Gasteiger partial charge is 0.280 e. The number of ether oxygens (including phenoxy) is 1. The number of nitrogens with zero attached hydrogens (tertiary/aromatic N) is 4. The van der Waals surface area contributed by atoms with E-state index in [1.165, 1.54) is 0 Å². The first-order valence-corrected chi connectivity index (χ1v) is 7.83. The average Bonchev–Trinajstić information content (AvgIpc) is 3.23. The van der Waals surface area contributed by atoms with Gasteiger partial charge in [0, 0.05) is 12.7 Å². The van der Waals surface area contributed by atoms with E-state index in [0.717, 1.165) is 12.2 Å². The van der Waals surface area contributed by atoms with E-state index in [4.69, 9.17) is 4.74 Å². The quantitative estimate of drug-likeness (QED) is 0.756. The first kappa shape index (κ1) is 15.8. The second-order valence-corrected chi connectivity index (χ2v) is 5.09. The number of benzene rings is 1. The Bertz CT molecular complexity index is 823. The van der Waals surface area contributed by atoms with Crippen molar-refractivity contribution in [1.29, 1.82) is 0 Å². The molecule has 24 heavy (non-hydrogen) atoms. The summed E-state index contributed by atoms with van der Waals surface area (Å²) in [7, 11) is 0. The third-order valence-corrected chi connectivity index (χ3v) is 3.43. The van der Waals surface area contributed by atoms with Crippen molar-refractivity contribution in [3.8, 4) is 11.4 Å². The Morgan fingerprint density at radius 1 is 1.21 bits per heavy atom. The molecule has 0 unspecified atom stereocenters. The van der Waals surface area contributed by atoms with E-state index in [-0.39, 0.29) is 11.6 Å². The lowest BCUT2D eigenvalue weighted by molar-refractivity contribution is 0.101. The average molecular weight is 325 g/mol. The first-order chi connectivity index (χ1) is 11.7. The van der Waals surface area contributed by atoms with Crippen molar-refractivity contribution in [1.82, 2.24) is 19.6 Å². The maximum absolute atomic E-state index is 12.5. The van der Waals surface area contributed by atoms with Gasteiger partial charge in [-0.2, -0.15) is 10.2 Å². The zero-order chi connectivity index (χ0) is 16.9. The Morgan fingerprint density at radius 3 is 2.67 bits per heavy atom. The summed E-state index contributed by atoms with van der Waals surface area (Å²) in [6, 6.07) is 9.58. The summed E-state index contributed by atoms with van der Waals surface area (Å²) in [5.41, 5.74) is 1.72. The van der Waals surface area contributed by atoms with E-state index >= 15 is 0 Å². The fourth-order valence-electron chi connectivity index (χ4n) is 2.28. The van der Waals surface area contributed by atoms with Crippen molar-refractivity contribution < 1.29 is 9.53 Å². The summed E-state index contributed by atoms with van der Waals surface area (Å²) in [5.74, 6) is 0.116. The normalized spacial score (nSPS) is 10.6. The van der Waals surface area contributed by atoms with Gasteiger partial charge >= 0.3 is 0 Å². The standard InChI is InChI=1S/C17H19N5O2/c1-3-21-11-13(10-18-21)19-17(23)16-15(24-4-2)12-22(20-16)14-8-6-5-7-9-14/h5-12H,3-4H2,1-2H3,(H,19,23). The molecule has 0 aliphatic rings. The van der Waals surface area contributed by atoms with E-state index in [1.807, 2.05) is 44.2 Å². The predicted octanol–water partition coefficient (Wildman–Crippen LogP) is 2.74. The zero-order valence-electron chi connectivity index (χ0n) is 13.6. The van der Waals surface area contributed by atoms with E-state index in [9.17, 15) is 4.79 Å². The van der Waals surface area contributed by atoms with Crippen LogP contribution in [0.25, 0.3) is 5.69 Å². The molecule has 0 saturated heterocycles. The molecule has 7 nitrogen and oxygen atoms in total. The molecule has 0 radical (unpaired) electrons. The molecule has 2 heterocycles. The Labute approximate surface area is 139 Å². The van der Waals surface area contributed by atoms with Gasteiger partial charge in [-0.25, -0.2) is 4.68 Å². The van der Waals surface area contributed by atoms with Crippen LogP contribution in [0.4, 0.5) is 5.69 Å². The highest BCUT2D eigenvalue weighted by atomic mass is 16.5. The fourth-order valence-corrected chi connectivity index (χ4v) is 2.28. The molecule has 0 saturated carbocycles. The molecule has 0 aliphatic heterocycles. The highest BCUT2D eigenvalue weighted by Gasteiger charge is 2.19. The van der Waals surface area contributed by atoms with Crippen LogP contribution in [0.1, 0.15) is 24.3 Å². The van der Waals surface area contributed by atoms with Gasteiger partial charge in [-0.3, -0.25) is 9.48 Å². The molecule has 0 aliphatic carbocycles. The number of carbonyl (C=O) groups is 1. The molecule has 2 aromatic heterocycles. The van der Waals surface area contributed by atoms with Crippen LogP contribution >= 0.6 is 0 Å². The molecule has 0 spiro atoms. The van der Waals surface area contributed by atoms with Crippen LogP contribution in [-0.4, -0.2) is 32.1 Å². The lowest BCUT2D eigenvalue weighted by atomic mass is 10.3. The number of aryl methyl sites for hydroxylation is 1. The molecule has 1 amide bonds. The molecule has 0 atom stereocenters. The second kappa shape index (κ2) is 6.99. The van der Waals surface area contributed by atoms with Crippen LogP contribution in [0.15, 0.2) is 48.9 Å². The molecule has 3 aromatic rings. The number of para-hydroxylation sites is 1. The lowest BCUT2D eigenvalue weighted by Gasteiger charge is -2.03. The second-order valence-electron chi connectivity index (χ2n) is 5.09. The number of amides is 1. The number of hydrogen-bond donors (Lipinski definition) is 1. The molecule has 124 valence electrons. The summed E-state index contributed by atoms with van der Waals surface area (Å²) in [5, 5.41) is 11.3. The molecule has 3 rings (SSSR count). The van der Waals surface area contributed by atoms with Crippen LogP contribution in [-0.2, 0) is 6.54 Å². The first-order valence-electron chi connectivity index (χ1n) is 7.83. The van der Waals surface area contributed by atoms with Gasteiger partial charge in [-0.1, -0.05) is 18.2 Å². The van der Waals surface area contributed by atoms with Crippen molar-refractivity contribution in [2.24, 2.45) is 0 Å². The van der Waals surface area contributed by atoms with Crippen LogP contribution in [0, 0.1) is 0 Å². The minimum atomic E-state index is -0.330. The van der Waals surface area contributed by atoms with E-state index in [0.29, 0.717) is 18.0 Å². The van der Waals surface area contributed by atoms with Crippen molar-refractivity contribution >= 4 is 11.6 Å². The van der Waals surface area contributed by atoms with E-state index < -0.39 is 0 Å². The Balaban J connectivity index is 1.87. The van der Waals surface area contributed by atoms with Crippen molar-refractivity contribution in [2.75, 3.05) is 11.9 Å². The molecule has 0 bridgehead atoms. The van der Waals surface area contributed by atoms with E-state index in [2.05, 4.69) is 15.5 Å². The van der Waals surface area contributed by atoms with Gasteiger partial charge in [-0.05, 0) is 26.0 Å². The minimum absolute atomic E-state index is 0.241. The number of rotatable bonds is 6. The highest BCUT2D eigenvalue weighted by molar-refractivity contribution is 6.04. The third kappa shape index (κ3) is 3.29. The highest BCUT2D eigenvalue weighted by Crippen LogP contribution is 2.21. The van der Waals surface area contributed by atoms with Crippen molar-refractivity contribution in [2.45, 2.75) is 20.4 Å². The Hall–Kier alpha value is -3.09. The molecule has 0 fully saturated rings. The van der Waals surface area contributed by atoms with Gasteiger partial charge in [0.1, 0.15) is 0 Å². The maximum atomic E-state index is 12.5. The summed E-state index contributed by atoms with van der Waals surface area (Å²) < 4.78 is 8.93. The Kier molecular flexibility index (Phi) is 4.60. The molecular weight excluding hydrogens is 306 g/mol. The molecular formula is C17H19N5O2. The van der Waals surface area contributed by atoms with Crippen LogP contribution < -0.4 is 10.1 Å². The summed E-state index contributed by atoms with van der Waals surface area (Å²) in [4.78, 5) is 12.5. The van der Waals surface area contributed by atoms with Crippen LogP contribution in [0.3, 0.4) is 0 Å². The number of aromatic nitrogens is 4. The molecule has 7 heteroatoms. The predicted molar refractivity (Wildman–Crippen MR) is 90.6 cm³/mol. The monoisotopic (exact) mass is 325 g/mol. The van der Waals surface area contributed by atoms with Gasteiger partial charge in [0.15, 0.2) is 11.4 Å². The summed E-state index contributed by atoms with van der Waals surface area (Å²) >= 11 is 0. The number of hydrogen-bond acceptors (Lipinski definition) is 4. The number of anilines is 1. The van der Waals surface area contributed by atoms with Crippen LogP contribution in [0.2, 0.25) is 0 Å². The van der Waals surface area contributed by atoms with Gasteiger partial charge in [0.2, 0.25) is 0 Å². The van der Waals surface area contributed by atoms with Crippen molar-refractivity contribution in [3.05, 3.63) is 54.6 Å². The molecule has 1 aromatic carbocycles. The van der Waals surface area contributed by atoms with Crippen LogP contribution in [0.5, 0.6) is 5.75 Å². The largest absolute Gasteiger partial charge is 0.490 e. The SMILES string of the molecule is CCOc1cn(-c2ccccc2)nc1C(=O)Nc1cnn(CC)c1. The minimum Gasteiger partial charge on any atom is -0.490 e. The van der Waals surface area contributed by atoms with Gasteiger partial charge in [0.25, 0.3) is 5.91 Å². The fraction of sp³-hybridized carbons (Fsp3) is 0.235. The van der Waals surface area contributed by atoms with Gasteiger partial charge < -0.3 is 10.1 Å². The number of carbonyl (C=O) groups excluding carboxylic acids is 1. The summed E-state index contributed by atoms with van der Waals surface area (Å²) in [6.45, 7) is 5.04. The topological polar surface area (TPSA) is 74.0 Å². The lowest BCUT2D eigenvalue weighted by Crippen LogP contribution is -2.14. The van der Waals surface area contributed by atoms with Gasteiger partial charge in [0.05, 0.1) is 30.4 Å². The van der Waals surface area contributed by atoms with E-state index in [1.54, 1.807) is 28.0 Å².